The van der Waals surface area contributed by atoms with Crippen LogP contribution in [0.5, 0.6) is 0 Å². The number of alkyl halides is 3. The predicted molar refractivity (Wildman–Crippen MR) is 149 cm³/mol. The smallest absolute Gasteiger partial charge is 0.383 e. The molecule has 2 aromatic heterocycles. The van der Waals surface area contributed by atoms with Gasteiger partial charge in [0, 0.05) is 37.0 Å². The van der Waals surface area contributed by atoms with Crippen LogP contribution in [0.3, 0.4) is 0 Å². The second-order valence-corrected chi connectivity index (χ2v) is 9.77. The molecular weight excluding hydrogens is 521 g/mol. The molecule has 0 aliphatic carbocycles. The fraction of sp³-hybridized carbons (Fsp3) is 0.467. The zero-order chi connectivity index (χ0) is 30.0. The molecule has 1 atom stereocenters. The first kappa shape index (κ1) is 32.5. The number of hydrogen-bond acceptors (Lipinski definition) is 5. The molecule has 0 saturated heterocycles. The van der Waals surface area contributed by atoms with Crippen LogP contribution in [-0.2, 0) is 11.8 Å². The van der Waals surface area contributed by atoms with Crippen LogP contribution in [0.1, 0.15) is 92.3 Å². The first-order valence-corrected chi connectivity index (χ1v) is 13.4. The highest BCUT2D eigenvalue weighted by Gasteiger charge is 2.38. The van der Waals surface area contributed by atoms with E-state index in [1.807, 2.05) is 14.0 Å². The lowest BCUT2D eigenvalue weighted by atomic mass is 9.89. The molecule has 216 valence electrons. The van der Waals surface area contributed by atoms with Gasteiger partial charge in [0.25, 0.3) is 5.91 Å². The van der Waals surface area contributed by atoms with Gasteiger partial charge < -0.3 is 15.0 Å². The summed E-state index contributed by atoms with van der Waals surface area (Å²) >= 11 is 0. The number of amides is 1. The molecule has 0 spiro atoms. The number of aliphatic hydroxyl groups excluding tert-OH is 1. The second-order valence-electron chi connectivity index (χ2n) is 9.77. The molecule has 10 heteroatoms. The Kier molecular flexibility index (Phi) is 11.9. The Hall–Kier alpha value is -3.71. The SMILES string of the molecule is CCC(=O)CC(O)C(F)(F)F.CCCC(CCC)c1cn(C)c2ncc(NC(=O)c3cccc(C#N)c3)c(C)c12. The third kappa shape index (κ3) is 8.39. The zero-order valence-corrected chi connectivity index (χ0v) is 23.6. The maximum absolute atomic E-state index is 12.7. The molecule has 3 aromatic rings. The number of nitriles is 1. The van der Waals surface area contributed by atoms with Crippen molar-refractivity contribution in [3.05, 3.63) is 58.9 Å². The molecule has 0 aliphatic heterocycles. The third-order valence-corrected chi connectivity index (χ3v) is 6.68. The zero-order valence-electron chi connectivity index (χ0n) is 23.6. The maximum Gasteiger partial charge on any atom is 0.414 e. The van der Waals surface area contributed by atoms with Crippen molar-refractivity contribution in [2.45, 2.75) is 84.4 Å². The van der Waals surface area contributed by atoms with Crippen LogP contribution in [0.4, 0.5) is 18.9 Å². The Morgan fingerprint density at radius 1 is 1.18 bits per heavy atom. The highest BCUT2D eigenvalue weighted by Crippen LogP contribution is 2.36. The molecule has 3 rings (SSSR count). The van der Waals surface area contributed by atoms with E-state index in [-0.39, 0.29) is 12.3 Å². The number of carbonyl (C=O) groups excluding carboxylic acids is 2. The third-order valence-electron chi connectivity index (χ3n) is 6.68. The Balaban J connectivity index is 0.000000432. The van der Waals surface area contributed by atoms with Gasteiger partial charge in [-0.3, -0.25) is 9.59 Å². The summed E-state index contributed by atoms with van der Waals surface area (Å²) in [5.74, 6) is -0.329. The molecule has 0 aliphatic rings. The summed E-state index contributed by atoms with van der Waals surface area (Å²) in [5.41, 5.74) is 4.94. The Labute approximate surface area is 233 Å². The van der Waals surface area contributed by atoms with Gasteiger partial charge in [0.15, 0.2) is 6.10 Å². The van der Waals surface area contributed by atoms with Crippen molar-refractivity contribution >= 4 is 28.4 Å². The summed E-state index contributed by atoms with van der Waals surface area (Å²) in [6.07, 6.45) is 0.490. The Bertz CT molecular complexity index is 1350. The van der Waals surface area contributed by atoms with Crippen LogP contribution in [0, 0.1) is 18.3 Å². The first-order chi connectivity index (χ1) is 18.9. The largest absolute Gasteiger partial charge is 0.414 e. The van der Waals surface area contributed by atoms with E-state index in [1.165, 1.54) is 12.5 Å². The second kappa shape index (κ2) is 14.6. The number of pyridine rings is 1. The molecule has 2 N–H and O–H groups in total. The van der Waals surface area contributed by atoms with Gasteiger partial charge >= 0.3 is 6.18 Å². The van der Waals surface area contributed by atoms with E-state index in [0.29, 0.717) is 22.7 Å². The van der Waals surface area contributed by atoms with Crippen LogP contribution in [0.2, 0.25) is 0 Å². The number of aliphatic hydroxyl groups is 1. The molecule has 2 heterocycles. The number of aryl methyl sites for hydroxylation is 2. The van der Waals surface area contributed by atoms with E-state index in [9.17, 15) is 22.8 Å². The van der Waals surface area contributed by atoms with E-state index >= 15 is 0 Å². The van der Waals surface area contributed by atoms with Crippen molar-refractivity contribution < 1.29 is 27.9 Å². The maximum atomic E-state index is 12.7. The van der Waals surface area contributed by atoms with Gasteiger partial charge in [-0.25, -0.2) is 4.98 Å². The number of nitrogens with one attached hydrogen (secondary N) is 1. The topological polar surface area (TPSA) is 108 Å². The molecule has 0 saturated carbocycles. The van der Waals surface area contributed by atoms with Crippen LogP contribution < -0.4 is 5.32 Å². The molecule has 0 bridgehead atoms. The van der Waals surface area contributed by atoms with E-state index in [2.05, 4.69) is 41.0 Å². The summed E-state index contributed by atoms with van der Waals surface area (Å²) in [7, 11) is 2.03. The van der Waals surface area contributed by atoms with Gasteiger partial charge in [0.1, 0.15) is 11.4 Å². The molecule has 0 radical (unpaired) electrons. The number of ketones is 1. The fourth-order valence-electron chi connectivity index (χ4n) is 4.52. The molecule has 7 nitrogen and oxygen atoms in total. The van der Waals surface area contributed by atoms with E-state index in [1.54, 1.807) is 30.5 Å². The van der Waals surface area contributed by atoms with E-state index < -0.39 is 24.5 Å². The van der Waals surface area contributed by atoms with Gasteiger partial charge in [-0.1, -0.05) is 39.7 Å². The van der Waals surface area contributed by atoms with Crippen LogP contribution >= 0.6 is 0 Å². The predicted octanol–water partition coefficient (Wildman–Crippen LogP) is 6.97. The monoisotopic (exact) mass is 558 g/mol. The van der Waals surface area contributed by atoms with Crippen LogP contribution in [0.25, 0.3) is 11.0 Å². The van der Waals surface area contributed by atoms with Crippen molar-refractivity contribution in [2.75, 3.05) is 5.32 Å². The standard InChI is InChI=1S/C24H28N4O.C6H9F3O2/c1-5-8-18(9-6-2)20-15-28(4)23-22(20)16(3)21(14-26-23)27-24(29)19-11-7-10-17(12-19)13-25;1-2-4(10)3-5(11)6(7,8)9/h7,10-12,14-15,18H,5-6,8-9H2,1-4H3,(H,27,29);5,11H,2-3H2,1H3. The number of rotatable bonds is 10. The number of fused-ring (bicyclic) bond motifs is 1. The van der Waals surface area contributed by atoms with Gasteiger partial charge in [-0.15, -0.1) is 0 Å². The Morgan fingerprint density at radius 2 is 1.82 bits per heavy atom. The minimum Gasteiger partial charge on any atom is -0.383 e. The lowest BCUT2D eigenvalue weighted by Crippen LogP contribution is -2.30. The van der Waals surface area contributed by atoms with E-state index in [4.69, 9.17) is 10.4 Å². The van der Waals surface area contributed by atoms with Crippen molar-refractivity contribution in [2.24, 2.45) is 7.05 Å². The number of anilines is 1. The van der Waals surface area contributed by atoms with Gasteiger partial charge in [-0.05, 0) is 55.0 Å². The summed E-state index contributed by atoms with van der Waals surface area (Å²) in [4.78, 5) is 27.8. The highest BCUT2D eigenvalue weighted by molar-refractivity contribution is 6.06. The average Bonchev–Trinajstić information content (AvgIpc) is 3.26. The number of carbonyl (C=O) groups is 2. The lowest BCUT2D eigenvalue weighted by molar-refractivity contribution is -0.205. The molecule has 0 fully saturated rings. The number of benzene rings is 1. The summed E-state index contributed by atoms with van der Waals surface area (Å²) < 4.78 is 36.7. The van der Waals surface area contributed by atoms with Crippen molar-refractivity contribution in [1.82, 2.24) is 9.55 Å². The quantitative estimate of drug-likeness (QED) is 0.279. The molecule has 1 aromatic carbocycles. The molecule has 40 heavy (non-hydrogen) atoms. The minimum atomic E-state index is -4.68. The summed E-state index contributed by atoms with van der Waals surface area (Å²) in [6.45, 7) is 7.94. The summed E-state index contributed by atoms with van der Waals surface area (Å²) in [6, 6.07) is 8.79. The molecule has 1 amide bonds. The number of nitrogens with zero attached hydrogens (tertiary/aromatic N) is 3. The highest BCUT2D eigenvalue weighted by atomic mass is 19.4. The number of hydrogen-bond donors (Lipinski definition) is 2. The molecule has 1 unspecified atom stereocenters. The normalized spacial score (nSPS) is 12.0. The minimum absolute atomic E-state index is 0.0210. The Morgan fingerprint density at radius 3 is 2.38 bits per heavy atom. The van der Waals surface area contributed by atoms with Crippen molar-refractivity contribution in [1.29, 1.82) is 5.26 Å². The summed E-state index contributed by atoms with van der Waals surface area (Å²) in [5, 5.41) is 21.5. The average molecular weight is 559 g/mol. The van der Waals surface area contributed by atoms with Gasteiger partial charge in [0.05, 0.1) is 23.5 Å². The van der Waals surface area contributed by atoms with E-state index in [0.717, 1.165) is 42.3 Å². The lowest BCUT2D eigenvalue weighted by Gasteiger charge is -2.16. The van der Waals surface area contributed by atoms with Crippen LogP contribution in [0.15, 0.2) is 36.7 Å². The number of aromatic nitrogens is 2. The molecular formula is C30H37F3N4O3. The van der Waals surface area contributed by atoms with Crippen LogP contribution in [-0.4, -0.2) is 38.6 Å². The first-order valence-electron chi connectivity index (χ1n) is 13.4. The van der Waals surface area contributed by atoms with Crippen molar-refractivity contribution in [3.63, 3.8) is 0 Å². The number of Topliss-reactive ketones (excluding diaryl/α,β-unsaturated/α-hetero) is 1. The fourth-order valence-corrected chi connectivity index (χ4v) is 4.52. The van der Waals surface area contributed by atoms with Gasteiger partial charge in [-0.2, -0.15) is 18.4 Å². The van der Waals surface area contributed by atoms with Gasteiger partial charge in [0.2, 0.25) is 0 Å². The van der Waals surface area contributed by atoms with Crippen molar-refractivity contribution in [3.8, 4) is 6.07 Å². The number of halogens is 3.